The average Bonchev–Trinajstić information content (AvgIpc) is 2.37. The topological polar surface area (TPSA) is 102 Å². The monoisotopic (exact) mass is 245 g/mol. The summed E-state index contributed by atoms with van der Waals surface area (Å²) in [6, 6.07) is 5.52. The molecule has 0 unspecified atom stereocenters. The van der Waals surface area contributed by atoms with E-state index in [0.717, 1.165) is 12.2 Å². The minimum Gasteiger partial charge on any atom is -0.370 e. The maximum atomic E-state index is 5.63. The van der Waals surface area contributed by atoms with Gasteiger partial charge in [0.25, 0.3) is 0 Å². The van der Waals surface area contributed by atoms with E-state index >= 15 is 0 Å². The fourth-order valence-corrected chi connectivity index (χ4v) is 1.44. The van der Waals surface area contributed by atoms with Gasteiger partial charge in [0.15, 0.2) is 0 Å². The molecular formula is C11H15N7. The van der Waals surface area contributed by atoms with Gasteiger partial charge in [-0.15, -0.1) is 0 Å². The molecule has 4 N–H and O–H groups in total. The SMILES string of the molecule is CCNc1cc(NCc2cccnn2)nc(N)n1. The van der Waals surface area contributed by atoms with Crippen molar-refractivity contribution in [3.8, 4) is 0 Å². The molecular weight excluding hydrogens is 230 g/mol. The lowest BCUT2D eigenvalue weighted by Crippen LogP contribution is -2.08. The van der Waals surface area contributed by atoms with Crippen LogP contribution in [0.25, 0.3) is 0 Å². The molecule has 0 aromatic carbocycles. The summed E-state index contributed by atoms with van der Waals surface area (Å²) in [6.45, 7) is 3.31. The van der Waals surface area contributed by atoms with Crippen molar-refractivity contribution < 1.29 is 0 Å². The summed E-state index contributed by atoms with van der Waals surface area (Å²) in [4.78, 5) is 8.16. The highest BCUT2D eigenvalue weighted by Gasteiger charge is 2.02. The van der Waals surface area contributed by atoms with Crippen LogP contribution in [0.2, 0.25) is 0 Å². The highest BCUT2D eigenvalue weighted by atomic mass is 15.1. The van der Waals surface area contributed by atoms with Crippen LogP contribution in [0.3, 0.4) is 0 Å². The predicted molar refractivity (Wildman–Crippen MR) is 70.0 cm³/mol. The molecule has 0 aliphatic carbocycles. The van der Waals surface area contributed by atoms with Gasteiger partial charge >= 0.3 is 0 Å². The minimum atomic E-state index is 0.232. The van der Waals surface area contributed by atoms with Gasteiger partial charge in [0.2, 0.25) is 5.95 Å². The van der Waals surface area contributed by atoms with Crippen molar-refractivity contribution in [1.82, 2.24) is 20.2 Å². The van der Waals surface area contributed by atoms with Gasteiger partial charge in [0, 0.05) is 18.8 Å². The molecule has 0 saturated carbocycles. The second-order valence-electron chi connectivity index (χ2n) is 3.60. The second-order valence-corrected chi connectivity index (χ2v) is 3.60. The normalized spacial score (nSPS) is 10.1. The number of nitrogens with two attached hydrogens (primary N) is 1. The van der Waals surface area contributed by atoms with Crippen molar-refractivity contribution in [3.05, 3.63) is 30.1 Å². The molecule has 0 amide bonds. The van der Waals surface area contributed by atoms with Gasteiger partial charge in [0.1, 0.15) is 11.6 Å². The molecule has 0 spiro atoms. The molecule has 0 bridgehead atoms. The van der Waals surface area contributed by atoms with Crippen molar-refractivity contribution in [2.75, 3.05) is 22.9 Å². The maximum absolute atomic E-state index is 5.63. The average molecular weight is 245 g/mol. The van der Waals surface area contributed by atoms with E-state index in [1.165, 1.54) is 0 Å². The summed E-state index contributed by atoms with van der Waals surface area (Å²) in [5.74, 6) is 1.59. The highest BCUT2D eigenvalue weighted by Crippen LogP contribution is 2.12. The Hall–Kier alpha value is -2.44. The van der Waals surface area contributed by atoms with Crippen molar-refractivity contribution in [2.24, 2.45) is 0 Å². The number of nitrogens with one attached hydrogen (secondary N) is 2. The summed E-state index contributed by atoms with van der Waals surface area (Å²) in [6.07, 6.45) is 1.63. The molecule has 18 heavy (non-hydrogen) atoms. The van der Waals surface area contributed by atoms with Crippen LogP contribution in [0.1, 0.15) is 12.6 Å². The number of rotatable bonds is 5. The first kappa shape index (κ1) is 12.0. The van der Waals surface area contributed by atoms with Crippen molar-refractivity contribution in [1.29, 1.82) is 0 Å². The third-order valence-corrected chi connectivity index (χ3v) is 2.18. The Balaban J connectivity index is 2.05. The fourth-order valence-electron chi connectivity index (χ4n) is 1.44. The van der Waals surface area contributed by atoms with Crippen LogP contribution >= 0.6 is 0 Å². The van der Waals surface area contributed by atoms with Gasteiger partial charge in [-0.2, -0.15) is 20.2 Å². The molecule has 94 valence electrons. The van der Waals surface area contributed by atoms with Gasteiger partial charge in [-0.05, 0) is 19.1 Å². The summed E-state index contributed by atoms with van der Waals surface area (Å²) in [5, 5.41) is 14.0. The predicted octanol–water partition coefficient (Wildman–Crippen LogP) is 0.893. The van der Waals surface area contributed by atoms with E-state index in [4.69, 9.17) is 5.73 Å². The van der Waals surface area contributed by atoms with E-state index in [1.807, 2.05) is 19.1 Å². The first-order valence-electron chi connectivity index (χ1n) is 5.67. The molecule has 2 aromatic rings. The van der Waals surface area contributed by atoms with Gasteiger partial charge < -0.3 is 16.4 Å². The highest BCUT2D eigenvalue weighted by molar-refractivity contribution is 5.50. The molecule has 7 heteroatoms. The third-order valence-electron chi connectivity index (χ3n) is 2.18. The Morgan fingerprint density at radius 3 is 2.67 bits per heavy atom. The lowest BCUT2D eigenvalue weighted by atomic mass is 10.4. The number of anilines is 3. The Morgan fingerprint density at radius 1 is 1.22 bits per heavy atom. The summed E-state index contributed by atoms with van der Waals surface area (Å²) in [5.41, 5.74) is 6.46. The first-order chi connectivity index (χ1) is 8.78. The van der Waals surface area contributed by atoms with Crippen LogP contribution in [0, 0.1) is 0 Å². The largest absolute Gasteiger partial charge is 0.370 e. The zero-order valence-electron chi connectivity index (χ0n) is 10.1. The number of aromatic nitrogens is 4. The van der Waals surface area contributed by atoms with Crippen LogP contribution in [0.15, 0.2) is 24.4 Å². The smallest absolute Gasteiger partial charge is 0.223 e. The number of nitrogens with zero attached hydrogens (tertiary/aromatic N) is 4. The molecule has 2 heterocycles. The van der Waals surface area contributed by atoms with Gasteiger partial charge in [-0.3, -0.25) is 0 Å². The lowest BCUT2D eigenvalue weighted by molar-refractivity contribution is 0.919. The van der Waals surface area contributed by atoms with Crippen molar-refractivity contribution >= 4 is 17.6 Å². The van der Waals surface area contributed by atoms with E-state index in [0.29, 0.717) is 18.2 Å². The van der Waals surface area contributed by atoms with Gasteiger partial charge in [0.05, 0.1) is 12.2 Å². The summed E-state index contributed by atoms with van der Waals surface area (Å²) >= 11 is 0. The summed E-state index contributed by atoms with van der Waals surface area (Å²) < 4.78 is 0. The molecule has 2 aromatic heterocycles. The molecule has 0 radical (unpaired) electrons. The minimum absolute atomic E-state index is 0.232. The lowest BCUT2D eigenvalue weighted by Gasteiger charge is -2.08. The first-order valence-corrected chi connectivity index (χ1v) is 5.67. The van der Waals surface area contributed by atoms with Crippen molar-refractivity contribution in [3.63, 3.8) is 0 Å². The molecule has 2 rings (SSSR count). The molecule has 0 atom stereocenters. The molecule has 7 nitrogen and oxygen atoms in total. The number of hydrogen-bond acceptors (Lipinski definition) is 7. The fraction of sp³-hybridized carbons (Fsp3) is 0.273. The Morgan fingerprint density at radius 2 is 2.00 bits per heavy atom. The standard InChI is InChI=1S/C11H15N7/c1-2-13-9-6-10(17-11(12)16-9)14-7-8-4-3-5-15-18-8/h3-6H,2,7H2,1H3,(H4,12,13,14,16,17). The van der Waals surface area contributed by atoms with Crippen LogP contribution in [0.4, 0.5) is 17.6 Å². The zero-order valence-corrected chi connectivity index (χ0v) is 10.1. The van der Waals surface area contributed by atoms with E-state index in [1.54, 1.807) is 12.3 Å². The van der Waals surface area contributed by atoms with Crippen LogP contribution in [-0.4, -0.2) is 26.7 Å². The van der Waals surface area contributed by atoms with E-state index in [9.17, 15) is 0 Å². The molecule has 0 aliphatic rings. The summed E-state index contributed by atoms with van der Waals surface area (Å²) in [7, 11) is 0. The van der Waals surface area contributed by atoms with E-state index in [-0.39, 0.29) is 5.95 Å². The second kappa shape index (κ2) is 5.76. The van der Waals surface area contributed by atoms with Crippen LogP contribution in [0.5, 0.6) is 0 Å². The Bertz CT molecular complexity index is 500. The van der Waals surface area contributed by atoms with Crippen LogP contribution < -0.4 is 16.4 Å². The van der Waals surface area contributed by atoms with Gasteiger partial charge in [-0.25, -0.2) is 0 Å². The maximum Gasteiger partial charge on any atom is 0.223 e. The third kappa shape index (κ3) is 3.27. The van der Waals surface area contributed by atoms with E-state index in [2.05, 4.69) is 30.8 Å². The number of hydrogen-bond donors (Lipinski definition) is 3. The van der Waals surface area contributed by atoms with Crippen molar-refractivity contribution in [2.45, 2.75) is 13.5 Å². The molecule has 0 fully saturated rings. The quantitative estimate of drug-likeness (QED) is 0.719. The Kier molecular flexibility index (Phi) is 3.85. The zero-order chi connectivity index (χ0) is 12.8. The van der Waals surface area contributed by atoms with Gasteiger partial charge in [-0.1, -0.05) is 0 Å². The number of nitrogen functional groups attached to an aromatic ring is 1. The molecule has 0 aliphatic heterocycles. The van der Waals surface area contributed by atoms with E-state index < -0.39 is 0 Å². The van der Waals surface area contributed by atoms with Crippen LogP contribution in [-0.2, 0) is 6.54 Å². The molecule has 0 saturated heterocycles. The Labute approximate surface area is 105 Å².